The van der Waals surface area contributed by atoms with Crippen molar-refractivity contribution in [1.29, 1.82) is 0 Å². The van der Waals surface area contributed by atoms with Gasteiger partial charge in [-0.05, 0) is 30.4 Å². The molecule has 2 rings (SSSR count). The molecular weight excluding hydrogens is 336 g/mol. The number of rotatable bonds is 7. The maximum absolute atomic E-state index is 5.65. The Morgan fingerprint density at radius 2 is 2.00 bits per heavy atom. The molecule has 0 saturated heterocycles. The number of benzene rings is 1. The standard InChI is InChI=1S/C15H20N2OS.BrH/c16-15-17-10-14(12-19-15)8-4-5-9-18-11-13-6-2-1-3-7-13;/h1-3,6-7,10H,4-5,8-9,11-12H2,(H2,16,17);1H. The minimum atomic E-state index is 0. The Balaban J connectivity index is 0.00000200. The summed E-state index contributed by atoms with van der Waals surface area (Å²) in [4.78, 5) is 4.13. The molecular formula is C15H21BrN2OS. The zero-order valence-electron chi connectivity index (χ0n) is 11.5. The van der Waals surface area contributed by atoms with Crippen LogP contribution in [0.3, 0.4) is 0 Å². The summed E-state index contributed by atoms with van der Waals surface area (Å²) in [5.74, 6) is 0.986. The summed E-state index contributed by atoms with van der Waals surface area (Å²) in [7, 11) is 0. The Kier molecular flexibility index (Phi) is 8.65. The van der Waals surface area contributed by atoms with E-state index in [1.807, 2.05) is 24.4 Å². The molecule has 0 radical (unpaired) electrons. The first-order chi connectivity index (χ1) is 9.34. The second kappa shape index (κ2) is 10.0. The van der Waals surface area contributed by atoms with Crippen molar-refractivity contribution in [3.8, 4) is 0 Å². The van der Waals surface area contributed by atoms with Gasteiger partial charge in [-0.3, -0.25) is 0 Å². The number of amidine groups is 1. The Morgan fingerprint density at radius 3 is 2.70 bits per heavy atom. The first-order valence-corrected chi connectivity index (χ1v) is 7.59. The van der Waals surface area contributed by atoms with Gasteiger partial charge >= 0.3 is 0 Å². The highest BCUT2D eigenvalue weighted by Gasteiger charge is 2.05. The van der Waals surface area contributed by atoms with Gasteiger partial charge in [0.15, 0.2) is 5.17 Å². The van der Waals surface area contributed by atoms with Crippen molar-refractivity contribution in [2.45, 2.75) is 25.9 Å². The Labute approximate surface area is 135 Å². The number of unbranched alkanes of at least 4 members (excludes halogenated alkanes) is 1. The van der Waals surface area contributed by atoms with Crippen LogP contribution in [0.4, 0.5) is 0 Å². The molecule has 0 bridgehead atoms. The highest BCUT2D eigenvalue weighted by atomic mass is 79.9. The van der Waals surface area contributed by atoms with Crippen molar-refractivity contribution in [2.75, 3.05) is 12.4 Å². The Hall–Kier alpha value is -0.780. The largest absolute Gasteiger partial charge is 0.378 e. The van der Waals surface area contributed by atoms with Crippen molar-refractivity contribution >= 4 is 33.9 Å². The van der Waals surface area contributed by atoms with E-state index in [-0.39, 0.29) is 17.0 Å². The summed E-state index contributed by atoms with van der Waals surface area (Å²) in [6, 6.07) is 10.3. The monoisotopic (exact) mass is 356 g/mol. The molecule has 0 fully saturated rings. The van der Waals surface area contributed by atoms with Crippen LogP contribution in [-0.4, -0.2) is 17.5 Å². The second-order valence-electron chi connectivity index (χ2n) is 4.54. The maximum Gasteiger partial charge on any atom is 0.158 e. The van der Waals surface area contributed by atoms with Crippen LogP contribution in [0.1, 0.15) is 24.8 Å². The molecule has 0 amide bonds. The predicted molar refractivity (Wildman–Crippen MR) is 92.4 cm³/mol. The third-order valence-electron chi connectivity index (χ3n) is 2.93. The normalized spacial score (nSPS) is 14.2. The minimum absolute atomic E-state index is 0. The van der Waals surface area contributed by atoms with Crippen LogP contribution in [0.5, 0.6) is 0 Å². The number of ether oxygens (including phenoxy) is 1. The number of hydrogen-bond donors (Lipinski definition) is 1. The molecule has 1 aliphatic rings. The lowest BCUT2D eigenvalue weighted by atomic mass is 10.1. The van der Waals surface area contributed by atoms with E-state index in [0.29, 0.717) is 11.8 Å². The Bertz CT molecular complexity index is 448. The average Bonchev–Trinajstić information content (AvgIpc) is 2.46. The molecule has 2 N–H and O–H groups in total. The van der Waals surface area contributed by atoms with Crippen LogP contribution in [0.2, 0.25) is 0 Å². The summed E-state index contributed by atoms with van der Waals surface area (Å²) >= 11 is 1.62. The van der Waals surface area contributed by atoms with Gasteiger partial charge in [0, 0.05) is 18.6 Å². The average molecular weight is 357 g/mol. The van der Waals surface area contributed by atoms with Gasteiger partial charge in [0.05, 0.1) is 6.61 Å². The molecule has 3 nitrogen and oxygen atoms in total. The molecule has 0 unspecified atom stereocenters. The van der Waals surface area contributed by atoms with Gasteiger partial charge in [0.1, 0.15) is 0 Å². The molecule has 0 saturated carbocycles. The Morgan fingerprint density at radius 1 is 1.20 bits per heavy atom. The number of hydrogen-bond acceptors (Lipinski definition) is 4. The lowest BCUT2D eigenvalue weighted by Gasteiger charge is -2.10. The van der Waals surface area contributed by atoms with E-state index in [4.69, 9.17) is 10.5 Å². The summed E-state index contributed by atoms with van der Waals surface area (Å²) in [5.41, 5.74) is 8.21. The van der Waals surface area contributed by atoms with Crippen LogP contribution in [0.25, 0.3) is 0 Å². The number of aliphatic imine (C=N–C) groups is 1. The topological polar surface area (TPSA) is 47.6 Å². The third-order valence-corrected chi connectivity index (χ3v) is 3.84. The molecule has 0 spiro atoms. The van der Waals surface area contributed by atoms with Crippen LogP contribution in [0.15, 0.2) is 47.1 Å². The SMILES string of the molecule is Br.NC1=NC=C(CCCCOCc2ccccc2)CS1. The number of thioether (sulfide) groups is 1. The highest BCUT2D eigenvalue weighted by Crippen LogP contribution is 2.18. The molecule has 1 aliphatic heterocycles. The van der Waals surface area contributed by atoms with Crippen LogP contribution in [0, 0.1) is 0 Å². The summed E-state index contributed by atoms with van der Waals surface area (Å²) in [6.45, 7) is 1.53. The summed E-state index contributed by atoms with van der Waals surface area (Å²) in [5, 5.41) is 0.676. The quantitative estimate of drug-likeness (QED) is 0.753. The van der Waals surface area contributed by atoms with Crippen LogP contribution in [-0.2, 0) is 11.3 Å². The van der Waals surface area contributed by atoms with E-state index < -0.39 is 0 Å². The minimum Gasteiger partial charge on any atom is -0.378 e. The van der Waals surface area contributed by atoms with Gasteiger partial charge in [0.2, 0.25) is 0 Å². The lowest BCUT2D eigenvalue weighted by molar-refractivity contribution is 0.117. The molecule has 110 valence electrons. The summed E-state index contributed by atoms with van der Waals surface area (Å²) < 4.78 is 5.65. The van der Waals surface area contributed by atoms with Crippen molar-refractivity contribution in [3.05, 3.63) is 47.7 Å². The smallest absolute Gasteiger partial charge is 0.158 e. The van der Waals surface area contributed by atoms with Crippen molar-refractivity contribution in [1.82, 2.24) is 0 Å². The predicted octanol–water partition coefficient (Wildman–Crippen LogP) is 3.90. The number of halogens is 1. The van der Waals surface area contributed by atoms with Gasteiger partial charge in [-0.25, -0.2) is 4.99 Å². The second-order valence-corrected chi connectivity index (χ2v) is 5.53. The first kappa shape index (κ1) is 17.3. The summed E-state index contributed by atoms with van der Waals surface area (Å²) in [6.07, 6.45) is 5.25. The number of nitrogens with zero attached hydrogens (tertiary/aromatic N) is 1. The van der Waals surface area contributed by atoms with Crippen LogP contribution >= 0.6 is 28.7 Å². The van der Waals surface area contributed by atoms with E-state index >= 15 is 0 Å². The first-order valence-electron chi connectivity index (χ1n) is 6.60. The van der Waals surface area contributed by atoms with Gasteiger partial charge in [-0.2, -0.15) is 0 Å². The van der Waals surface area contributed by atoms with Gasteiger partial charge < -0.3 is 10.5 Å². The molecule has 0 aliphatic carbocycles. The van der Waals surface area contributed by atoms with Crippen LogP contribution < -0.4 is 5.73 Å². The zero-order valence-corrected chi connectivity index (χ0v) is 14.0. The molecule has 1 aromatic carbocycles. The molecule has 1 aromatic rings. The van der Waals surface area contributed by atoms with Gasteiger partial charge in [-0.15, -0.1) is 17.0 Å². The van der Waals surface area contributed by atoms with Crippen molar-refractivity contribution in [2.24, 2.45) is 10.7 Å². The molecule has 1 heterocycles. The molecule has 20 heavy (non-hydrogen) atoms. The van der Waals surface area contributed by atoms with Gasteiger partial charge in [-0.1, -0.05) is 42.1 Å². The van der Waals surface area contributed by atoms with E-state index in [2.05, 4.69) is 17.1 Å². The van der Waals surface area contributed by atoms with E-state index in [9.17, 15) is 0 Å². The highest BCUT2D eigenvalue weighted by molar-refractivity contribution is 8.93. The zero-order chi connectivity index (χ0) is 13.3. The van der Waals surface area contributed by atoms with E-state index in [0.717, 1.165) is 31.6 Å². The maximum atomic E-state index is 5.65. The van der Waals surface area contributed by atoms with Gasteiger partial charge in [0.25, 0.3) is 0 Å². The van der Waals surface area contributed by atoms with Crippen molar-refractivity contribution < 1.29 is 4.74 Å². The fourth-order valence-corrected chi connectivity index (χ4v) is 2.53. The third kappa shape index (κ3) is 6.59. The molecule has 0 atom stereocenters. The lowest BCUT2D eigenvalue weighted by Crippen LogP contribution is -2.10. The van der Waals surface area contributed by atoms with E-state index in [1.54, 1.807) is 11.8 Å². The molecule has 5 heteroatoms. The molecule has 0 aromatic heterocycles. The van der Waals surface area contributed by atoms with Crippen molar-refractivity contribution in [3.63, 3.8) is 0 Å². The number of nitrogens with two attached hydrogens (primary N) is 1. The fraction of sp³-hybridized carbons (Fsp3) is 0.400. The van der Waals surface area contributed by atoms with E-state index in [1.165, 1.54) is 11.1 Å². The fourth-order valence-electron chi connectivity index (χ4n) is 1.85.